The van der Waals surface area contributed by atoms with Gasteiger partial charge in [-0.1, -0.05) is 13.8 Å². The number of nitrogens with one attached hydrogen (secondary N) is 1. The van der Waals surface area contributed by atoms with E-state index in [2.05, 4.69) is 24.1 Å². The molecule has 1 unspecified atom stereocenters. The maximum Gasteiger partial charge on any atom is 0.0897 e. The Kier molecular flexibility index (Phi) is 5.56. The van der Waals surface area contributed by atoms with Crippen LogP contribution in [0, 0.1) is 12.8 Å². The third kappa shape index (κ3) is 6.15. The minimum Gasteiger partial charge on any atom is -0.390 e. The molecule has 1 aromatic rings. The molecule has 0 aliphatic heterocycles. The SMILES string of the molecule is Cc1nc(CC(C)(O)CCNCC(C)C)cs1. The molecule has 1 rings (SSSR count). The zero-order valence-electron chi connectivity index (χ0n) is 11.3. The first-order chi connectivity index (χ1) is 7.89. The topological polar surface area (TPSA) is 45.2 Å². The monoisotopic (exact) mass is 256 g/mol. The fraction of sp³-hybridized carbons (Fsp3) is 0.769. The molecular formula is C13H24N2OS. The summed E-state index contributed by atoms with van der Waals surface area (Å²) < 4.78 is 0. The Labute approximate surface area is 108 Å². The molecule has 17 heavy (non-hydrogen) atoms. The Balaban J connectivity index is 2.30. The van der Waals surface area contributed by atoms with E-state index in [1.807, 2.05) is 19.2 Å². The zero-order valence-corrected chi connectivity index (χ0v) is 12.1. The van der Waals surface area contributed by atoms with Crippen LogP contribution in [0.2, 0.25) is 0 Å². The minimum atomic E-state index is -0.662. The third-order valence-electron chi connectivity index (χ3n) is 2.62. The Morgan fingerprint density at radius 3 is 2.76 bits per heavy atom. The van der Waals surface area contributed by atoms with Crippen LogP contribution in [0.3, 0.4) is 0 Å². The molecule has 1 aromatic heterocycles. The summed E-state index contributed by atoms with van der Waals surface area (Å²) in [7, 11) is 0. The van der Waals surface area contributed by atoms with Gasteiger partial charge in [-0.05, 0) is 39.3 Å². The van der Waals surface area contributed by atoms with Gasteiger partial charge in [-0.25, -0.2) is 4.98 Å². The summed E-state index contributed by atoms with van der Waals surface area (Å²) in [6, 6.07) is 0. The lowest BCUT2D eigenvalue weighted by Crippen LogP contribution is -2.33. The van der Waals surface area contributed by atoms with Crippen LogP contribution >= 0.6 is 11.3 Å². The molecule has 0 spiro atoms. The van der Waals surface area contributed by atoms with Gasteiger partial charge < -0.3 is 10.4 Å². The quantitative estimate of drug-likeness (QED) is 0.736. The lowest BCUT2D eigenvalue weighted by atomic mass is 9.96. The number of aliphatic hydroxyl groups is 1. The molecule has 1 atom stereocenters. The predicted octanol–water partition coefficient (Wildman–Crippen LogP) is 2.38. The van der Waals surface area contributed by atoms with Gasteiger partial charge in [0.05, 0.1) is 16.3 Å². The highest BCUT2D eigenvalue weighted by atomic mass is 32.1. The molecule has 0 aromatic carbocycles. The minimum absolute atomic E-state index is 0.640. The van der Waals surface area contributed by atoms with Crippen LogP contribution in [0.5, 0.6) is 0 Å². The first-order valence-corrected chi connectivity index (χ1v) is 7.11. The Hall–Kier alpha value is -0.450. The first-order valence-electron chi connectivity index (χ1n) is 6.23. The van der Waals surface area contributed by atoms with Gasteiger partial charge in [0.25, 0.3) is 0 Å². The van der Waals surface area contributed by atoms with Gasteiger partial charge in [-0.15, -0.1) is 11.3 Å². The molecule has 0 aliphatic rings. The molecule has 1 heterocycles. The van der Waals surface area contributed by atoms with Crippen molar-refractivity contribution in [1.29, 1.82) is 0 Å². The summed E-state index contributed by atoms with van der Waals surface area (Å²) in [6.07, 6.45) is 1.40. The van der Waals surface area contributed by atoms with Crippen molar-refractivity contribution in [3.63, 3.8) is 0 Å². The largest absolute Gasteiger partial charge is 0.390 e. The Bertz CT molecular complexity index is 334. The lowest BCUT2D eigenvalue weighted by molar-refractivity contribution is 0.0505. The highest BCUT2D eigenvalue weighted by Gasteiger charge is 2.21. The summed E-state index contributed by atoms with van der Waals surface area (Å²) in [6.45, 7) is 10.1. The van der Waals surface area contributed by atoms with E-state index in [-0.39, 0.29) is 0 Å². The average molecular weight is 256 g/mol. The van der Waals surface area contributed by atoms with Gasteiger partial charge in [0, 0.05) is 11.8 Å². The normalized spacial score (nSPS) is 15.2. The standard InChI is InChI=1S/C13H24N2OS/c1-10(2)8-14-6-5-13(4,16)7-12-9-17-11(3)15-12/h9-10,14,16H,5-8H2,1-4H3. The molecule has 3 nitrogen and oxygen atoms in total. The number of thiazole rings is 1. The van der Waals surface area contributed by atoms with E-state index >= 15 is 0 Å². The van der Waals surface area contributed by atoms with Crippen molar-refractivity contribution in [2.24, 2.45) is 5.92 Å². The number of aryl methyl sites for hydroxylation is 1. The van der Waals surface area contributed by atoms with Crippen molar-refractivity contribution in [3.05, 3.63) is 16.1 Å². The summed E-state index contributed by atoms with van der Waals surface area (Å²) in [5.74, 6) is 0.654. The number of aromatic nitrogens is 1. The van der Waals surface area contributed by atoms with Crippen LogP contribution in [0.4, 0.5) is 0 Å². The molecular weight excluding hydrogens is 232 g/mol. The molecule has 4 heteroatoms. The molecule has 0 radical (unpaired) electrons. The van der Waals surface area contributed by atoms with Crippen molar-refractivity contribution in [2.45, 2.75) is 46.1 Å². The van der Waals surface area contributed by atoms with Gasteiger partial charge in [0.2, 0.25) is 0 Å². The van der Waals surface area contributed by atoms with Crippen molar-refractivity contribution in [1.82, 2.24) is 10.3 Å². The number of rotatable bonds is 7. The van der Waals surface area contributed by atoms with E-state index in [0.29, 0.717) is 12.3 Å². The molecule has 0 saturated heterocycles. The lowest BCUT2D eigenvalue weighted by Gasteiger charge is -2.22. The van der Waals surface area contributed by atoms with Crippen molar-refractivity contribution in [3.8, 4) is 0 Å². The Morgan fingerprint density at radius 2 is 2.24 bits per heavy atom. The third-order valence-corrected chi connectivity index (χ3v) is 3.44. The molecule has 0 fully saturated rings. The summed E-state index contributed by atoms with van der Waals surface area (Å²) in [5.41, 5.74) is 0.339. The van der Waals surface area contributed by atoms with Gasteiger partial charge in [0.1, 0.15) is 0 Å². The maximum absolute atomic E-state index is 10.3. The predicted molar refractivity (Wildman–Crippen MR) is 73.5 cm³/mol. The average Bonchev–Trinajstić information content (AvgIpc) is 2.57. The van der Waals surface area contributed by atoms with Crippen LogP contribution in [-0.4, -0.2) is 28.8 Å². The second kappa shape index (κ2) is 6.47. The fourth-order valence-corrected chi connectivity index (χ4v) is 2.33. The van der Waals surface area contributed by atoms with E-state index < -0.39 is 5.60 Å². The van der Waals surface area contributed by atoms with Crippen LogP contribution in [0.1, 0.15) is 37.9 Å². The van der Waals surface area contributed by atoms with Crippen molar-refractivity contribution >= 4 is 11.3 Å². The van der Waals surface area contributed by atoms with Crippen molar-refractivity contribution < 1.29 is 5.11 Å². The number of hydrogen-bond acceptors (Lipinski definition) is 4. The van der Waals surface area contributed by atoms with Crippen LogP contribution in [0.25, 0.3) is 0 Å². The summed E-state index contributed by atoms with van der Waals surface area (Å²) in [5, 5.41) is 16.7. The summed E-state index contributed by atoms with van der Waals surface area (Å²) in [4.78, 5) is 4.39. The van der Waals surface area contributed by atoms with E-state index in [4.69, 9.17) is 0 Å². The summed E-state index contributed by atoms with van der Waals surface area (Å²) >= 11 is 1.64. The second-order valence-electron chi connectivity index (χ2n) is 5.38. The fourth-order valence-electron chi connectivity index (χ4n) is 1.72. The molecule has 0 amide bonds. The maximum atomic E-state index is 10.3. The van der Waals surface area contributed by atoms with E-state index in [1.165, 1.54) is 0 Å². The van der Waals surface area contributed by atoms with Gasteiger partial charge in [0.15, 0.2) is 0 Å². The first kappa shape index (κ1) is 14.6. The highest BCUT2D eigenvalue weighted by Crippen LogP contribution is 2.18. The van der Waals surface area contributed by atoms with Crippen LogP contribution in [0.15, 0.2) is 5.38 Å². The van der Waals surface area contributed by atoms with E-state index in [0.717, 1.165) is 30.2 Å². The van der Waals surface area contributed by atoms with Crippen LogP contribution in [-0.2, 0) is 6.42 Å². The van der Waals surface area contributed by atoms with Crippen LogP contribution < -0.4 is 5.32 Å². The van der Waals surface area contributed by atoms with Gasteiger partial charge in [-0.2, -0.15) is 0 Å². The second-order valence-corrected chi connectivity index (χ2v) is 6.44. The highest BCUT2D eigenvalue weighted by molar-refractivity contribution is 7.09. The van der Waals surface area contributed by atoms with Gasteiger partial charge in [-0.3, -0.25) is 0 Å². The molecule has 0 bridgehead atoms. The number of nitrogens with zero attached hydrogens (tertiary/aromatic N) is 1. The van der Waals surface area contributed by atoms with E-state index in [9.17, 15) is 5.11 Å². The number of hydrogen-bond donors (Lipinski definition) is 2. The molecule has 0 aliphatic carbocycles. The van der Waals surface area contributed by atoms with E-state index in [1.54, 1.807) is 11.3 Å². The Morgan fingerprint density at radius 1 is 1.53 bits per heavy atom. The van der Waals surface area contributed by atoms with Gasteiger partial charge >= 0.3 is 0 Å². The zero-order chi connectivity index (χ0) is 12.9. The molecule has 2 N–H and O–H groups in total. The van der Waals surface area contributed by atoms with Crippen molar-refractivity contribution in [2.75, 3.05) is 13.1 Å². The smallest absolute Gasteiger partial charge is 0.0897 e. The molecule has 0 saturated carbocycles. The molecule has 98 valence electrons.